The van der Waals surface area contributed by atoms with Gasteiger partial charge in [-0.05, 0) is 16.5 Å². The van der Waals surface area contributed by atoms with E-state index in [0.717, 1.165) is 12.1 Å². The molecule has 1 aromatic carbocycles. The zero-order chi connectivity index (χ0) is 11.0. The fourth-order valence-corrected chi connectivity index (χ4v) is 1.21. The molecule has 1 heterocycles. The Morgan fingerprint density at radius 1 is 1.27 bits per heavy atom. The Labute approximate surface area is 83.5 Å². The first-order valence-electron chi connectivity index (χ1n) is 4.07. The van der Waals surface area contributed by atoms with Gasteiger partial charge in [-0.25, -0.2) is 13.5 Å². The number of hydrogen-bond acceptors (Lipinski definition) is 4. The third kappa shape index (κ3) is 1.51. The molecule has 7 heteroatoms. The third-order valence-corrected chi connectivity index (χ3v) is 1.95. The summed E-state index contributed by atoms with van der Waals surface area (Å²) in [6, 6.07) is 1.87. The summed E-state index contributed by atoms with van der Waals surface area (Å²) in [6.07, 6.45) is 0. The summed E-state index contributed by atoms with van der Waals surface area (Å²) in [4.78, 5) is 0. The third-order valence-electron chi connectivity index (χ3n) is 1.95. The van der Waals surface area contributed by atoms with Crippen molar-refractivity contribution >= 4 is 5.69 Å². The van der Waals surface area contributed by atoms with Gasteiger partial charge in [0.1, 0.15) is 0 Å². The molecule has 0 aliphatic heterocycles. The Kier molecular flexibility index (Phi) is 2.07. The maximum absolute atomic E-state index is 13.0. The summed E-state index contributed by atoms with van der Waals surface area (Å²) < 4.78 is 27.1. The van der Waals surface area contributed by atoms with Crippen molar-refractivity contribution < 1.29 is 8.78 Å². The predicted molar refractivity (Wildman–Crippen MR) is 48.6 cm³/mol. The van der Waals surface area contributed by atoms with E-state index in [-0.39, 0.29) is 17.1 Å². The molecule has 2 N–H and O–H groups in total. The summed E-state index contributed by atoms with van der Waals surface area (Å²) in [5, 5.41) is 10.6. The van der Waals surface area contributed by atoms with Gasteiger partial charge in [-0.15, -0.1) is 5.10 Å². The van der Waals surface area contributed by atoms with Crippen LogP contribution >= 0.6 is 0 Å². The van der Waals surface area contributed by atoms with Crippen LogP contribution in [0.25, 0.3) is 11.4 Å². The maximum atomic E-state index is 13.0. The molecule has 0 saturated heterocycles. The molecule has 0 spiro atoms. The van der Waals surface area contributed by atoms with Crippen molar-refractivity contribution in [2.75, 3.05) is 5.73 Å². The zero-order valence-electron chi connectivity index (χ0n) is 7.78. The van der Waals surface area contributed by atoms with Crippen LogP contribution < -0.4 is 5.73 Å². The number of tetrazole rings is 1. The van der Waals surface area contributed by atoms with Crippen molar-refractivity contribution in [3.8, 4) is 11.4 Å². The van der Waals surface area contributed by atoms with Gasteiger partial charge in [0.25, 0.3) is 0 Å². The summed E-state index contributed by atoms with van der Waals surface area (Å²) in [5.74, 6) is -1.69. The minimum absolute atomic E-state index is 0.0896. The quantitative estimate of drug-likeness (QED) is 0.706. The number of anilines is 1. The summed E-state index contributed by atoms with van der Waals surface area (Å²) in [7, 11) is 1.58. The highest BCUT2D eigenvalue weighted by Gasteiger charge is 2.13. The van der Waals surface area contributed by atoms with Crippen LogP contribution in [0.2, 0.25) is 0 Å². The van der Waals surface area contributed by atoms with Crippen molar-refractivity contribution in [1.29, 1.82) is 0 Å². The second-order valence-corrected chi connectivity index (χ2v) is 2.98. The summed E-state index contributed by atoms with van der Waals surface area (Å²) in [6.45, 7) is 0. The lowest BCUT2D eigenvalue weighted by atomic mass is 10.1. The molecule has 0 radical (unpaired) electrons. The number of nitrogen functional groups attached to an aromatic ring is 1. The molecule has 5 nitrogen and oxygen atoms in total. The van der Waals surface area contributed by atoms with Crippen molar-refractivity contribution in [1.82, 2.24) is 20.2 Å². The Hall–Kier alpha value is -2.05. The standard InChI is InChI=1S/C8H7F2N5/c1-15-8(12-13-14-15)4-2-5(9)6(10)3-7(4)11/h2-3H,11H2,1H3. The first-order valence-corrected chi connectivity index (χ1v) is 4.07. The number of aryl methyl sites for hydroxylation is 1. The fraction of sp³-hybridized carbons (Fsp3) is 0.125. The first-order chi connectivity index (χ1) is 7.09. The van der Waals surface area contributed by atoms with Crippen LogP contribution in [0.1, 0.15) is 0 Å². The molecule has 0 bridgehead atoms. The van der Waals surface area contributed by atoms with E-state index in [4.69, 9.17) is 5.73 Å². The molecule has 0 unspecified atom stereocenters. The fourth-order valence-electron chi connectivity index (χ4n) is 1.21. The number of benzene rings is 1. The van der Waals surface area contributed by atoms with Crippen LogP contribution in [-0.4, -0.2) is 20.2 Å². The highest BCUT2D eigenvalue weighted by Crippen LogP contribution is 2.25. The average molecular weight is 211 g/mol. The van der Waals surface area contributed by atoms with Gasteiger partial charge in [-0.1, -0.05) is 0 Å². The predicted octanol–water partition coefficient (Wildman–Crippen LogP) is 0.737. The van der Waals surface area contributed by atoms with Gasteiger partial charge in [0.2, 0.25) is 0 Å². The van der Waals surface area contributed by atoms with E-state index in [1.807, 2.05) is 0 Å². The van der Waals surface area contributed by atoms with Gasteiger partial charge in [0.15, 0.2) is 17.5 Å². The lowest BCUT2D eigenvalue weighted by molar-refractivity contribution is 0.509. The number of hydrogen-bond donors (Lipinski definition) is 1. The molecule has 78 valence electrons. The summed E-state index contributed by atoms with van der Waals surface area (Å²) in [5.41, 5.74) is 5.89. The summed E-state index contributed by atoms with van der Waals surface area (Å²) >= 11 is 0. The second-order valence-electron chi connectivity index (χ2n) is 2.98. The van der Waals surface area contributed by atoms with Crippen LogP contribution in [0.4, 0.5) is 14.5 Å². The lowest BCUT2D eigenvalue weighted by Gasteiger charge is -2.04. The van der Waals surface area contributed by atoms with Gasteiger partial charge >= 0.3 is 0 Å². The van der Waals surface area contributed by atoms with E-state index in [2.05, 4.69) is 15.5 Å². The SMILES string of the molecule is Cn1nnnc1-c1cc(F)c(F)cc1N. The minimum Gasteiger partial charge on any atom is -0.398 e. The molecule has 1 aromatic heterocycles. The number of aromatic nitrogens is 4. The van der Waals surface area contributed by atoms with E-state index in [9.17, 15) is 8.78 Å². The highest BCUT2D eigenvalue weighted by molar-refractivity contribution is 5.71. The lowest BCUT2D eigenvalue weighted by Crippen LogP contribution is -2.00. The molecule has 0 atom stereocenters. The number of nitrogens with two attached hydrogens (primary N) is 1. The van der Waals surface area contributed by atoms with E-state index in [1.165, 1.54) is 4.68 Å². The van der Waals surface area contributed by atoms with E-state index >= 15 is 0 Å². The smallest absolute Gasteiger partial charge is 0.183 e. The topological polar surface area (TPSA) is 69.6 Å². The van der Waals surface area contributed by atoms with Crippen LogP contribution in [0, 0.1) is 11.6 Å². The average Bonchev–Trinajstić information content (AvgIpc) is 2.58. The molecular weight excluding hydrogens is 204 g/mol. The van der Waals surface area contributed by atoms with Gasteiger partial charge in [-0.2, -0.15) is 0 Å². The van der Waals surface area contributed by atoms with Crippen LogP contribution in [0.15, 0.2) is 12.1 Å². The Morgan fingerprint density at radius 2 is 1.93 bits per heavy atom. The van der Waals surface area contributed by atoms with Crippen LogP contribution in [0.3, 0.4) is 0 Å². The normalized spacial score (nSPS) is 10.6. The number of rotatable bonds is 1. The van der Waals surface area contributed by atoms with Crippen LogP contribution in [-0.2, 0) is 7.05 Å². The van der Waals surface area contributed by atoms with E-state index < -0.39 is 11.6 Å². The maximum Gasteiger partial charge on any atom is 0.183 e. The molecule has 0 aliphatic carbocycles. The monoisotopic (exact) mass is 211 g/mol. The van der Waals surface area contributed by atoms with Crippen molar-refractivity contribution in [3.05, 3.63) is 23.8 Å². The Morgan fingerprint density at radius 3 is 2.53 bits per heavy atom. The Balaban J connectivity index is 2.64. The van der Waals surface area contributed by atoms with Crippen molar-refractivity contribution in [2.24, 2.45) is 7.05 Å². The molecule has 2 rings (SSSR count). The highest BCUT2D eigenvalue weighted by atomic mass is 19.2. The number of halogens is 2. The van der Waals surface area contributed by atoms with E-state index in [1.54, 1.807) is 7.05 Å². The Bertz CT molecular complexity index is 508. The first kappa shape index (κ1) is 9.50. The zero-order valence-corrected chi connectivity index (χ0v) is 7.78. The molecular formula is C8H7F2N5. The molecule has 0 saturated carbocycles. The largest absolute Gasteiger partial charge is 0.398 e. The van der Waals surface area contributed by atoms with Crippen molar-refractivity contribution in [3.63, 3.8) is 0 Å². The molecule has 2 aromatic rings. The molecule has 0 fully saturated rings. The molecule has 0 aliphatic rings. The van der Waals surface area contributed by atoms with Gasteiger partial charge < -0.3 is 5.73 Å². The molecule has 15 heavy (non-hydrogen) atoms. The van der Waals surface area contributed by atoms with Gasteiger partial charge in [0, 0.05) is 24.4 Å². The molecule has 0 amide bonds. The minimum atomic E-state index is -0.994. The second kappa shape index (κ2) is 3.26. The number of nitrogens with zero attached hydrogens (tertiary/aromatic N) is 4. The van der Waals surface area contributed by atoms with Gasteiger partial charge in [-0.3, -0.25) is 0 Å². The van der Waals surface area contributed by atoms with Crippen LogP contribution in [0.5, 0.6) is 0 Å². The van der Waals surface area contributed by atoms with Gasteiger partial charge in [0.05, 0.1) is 0 Å². The van der Waals surface area contributed by atoms with Crippen molar-refractivity contribution in [2.45, 2.75) is 0 Å². The van der Waals surface area contributed by atoms with E-state index in [0.29, 0.717) is 0 Å².